The Morgan fingerprint density at radius 2 is 1.62 bits per heavy atom. The second-order valence-electron chi connectivity index (χ2n) is 13.6. The first-order valence-corrected chi connectivity index (χ1v) is 20.8. The van der Waals surface area contributed by atoms with Gasteiger partial charge in [-0.25, -0.2) is 4.79 Å². The molecule has 39 heavy (non-hydrogen) atoms. The molecule has 2 N–H and O–H groups in total. The molecule has 2 heterocycles. The first-order valence-electron chi connectivity index (χ1n) is 13.2. The molecule has 1 aromatic heterocycles. The average molecular weight is 609 g/mol. The Labute approximate surface area is 234 Å². The fourth-order valence-electron chi connectivity index (χ4n) is 3.81. The van der Waals surface area contributed by atoms with E-state index in [0.717, 1.165) is 10.8 Å². The molecular weight excluding hydrogens is 561 g/mol. The Bertz CT molecular complexity index is 1250. The van der Waals surface area contributed by atoms with Crippen LogP contribution in [0.5, 0.6) is 0 Å². The first kappa shape index (κ1) is 34.1. The van der Waals surface area contributed by atoms with Gasteiger partial charge in [-0.3, -0.25) is 18.5 Å². The Morgan fingerprint density at radius 3 is 2.10 bits per heavy atom. The van der Waals surface area contributed by atoms with Gasteiger partial charge in [0, 0.05) is 18.2 Å². The highest BCUT2D eigenvalue weighted by molar-refractivity contribution is 7.85. The number of hydrogen-bond acceptors (Lipinski definition) is 9. The standard InChI is InChI=1S/C25H48N2O9SSi2/c1-17-15-27(22(29)26-20(17)28)21-25(30,13-14-33-37(8,31)32)19(36-39(11,12)24(5,6)7)18(35-21)16-34-38(9,10)23(2,3)4/h15,18-19,21,30H,13-14,16H2,1-12H3,(H,26,28,29)/t18-,19-,21-,25-/m1/s1. The summed E-state index contributed by atoms with van der Waals surface area (Å²) in [4.78, 5) is 27.3. The van der Waals surface area contributed by atoms with Crippen LogP contribution in [0.1, 0.15) is 59.8 Å². The molecule has 1 saturated heterocycles. The van der Waals surface area contributed by atoms with Crippen LogP contribution in [0.25, 0.3) is 0 Å². The monoisotopic (exact) mass is 608 g/mol. The number of hydrogen-bond donors (Lipinski definition) is 2. The zero-order valence-corrected chi connectivity index (χ0v) is 28.3. The van der Waals surface area contributed by atoms with Crippen molar-refractivity contribution in [3.63, 3.8) is 0 Å². The minimum Gasteiger partial charge on any atom is -0.414 e. The Morgan fingerprint density at radius 1 is 1.08 bits per heavy atom. The number of nitrogens with one attached hydrogen (secondary N) is 1. The molecular formula is C25H48N2O9SSi2. The smallest absolute Gasteiger partial charge is 0.330 e. The molecule has 14 heteroatoms. The van der Waals surface area contributed by atoms with E-state index in [0.29, 0.717) is 0 Å². The molecule has 2 rings (SSSR count). The zero-order chi connectivity index (χ0) is 30.4. The van der Waals surface area contributed by atoms with Crippen molar-refractivity contribution in [1.29, 1.82) is 0 Å². The molecule has 0 amide bonds. The summed E-state index contributed by atoms with van der Waals surface area (Å²) >= 11 is 0. The SMILES string of the molecule is Cc1cn([C@@H]2O[C@H](CO[Si](C)(C)C(C)(C)C)[C@@H](O[Si](C)(C)C(C)(C)C)[C@]2(O)CCOS(C)(=O)=O)c(=O)[nH]c1=O. The van der Waals surface area contributed by atoms with Crippen LogP contribution in [0.15, 0.2) is 15.8 Å². The summed E-state index contributed by atoms with van der Waals surface area (Å²) < 4.78 is 49.2. The van der Waals surface area contributed by atoms with Gasteiger partial charge in [0.15, 0.2) is 22.9 Å². The third kappa shape index (κ3) is 7.79. The Hall–Kier alpha value is -1.14. The van der Waals surface area contributed by atoms with Crippen molar-refractivity contribution in [1.82, 2.24) is 9.55 Å². The number of aryl methyl sites for hydroxylation is 1. The molecule has 0 saturated carbocycles. The van der Waals surface area contributed by atoms with Crippen molar-refractivity contribution < 1.29 is 31.3 Å². The summed E-state index contributed by atoms with van der Waals surface area (Å²) in [6.45, 7) is 22.1. The lowest BCUT2D eigenvalue weighted by Crippen LogP contribution is -2.57. The van der Waals surface area contributed by atoms with Gasteiger partial charge >= 0.3 is 5.69 Å². The van der Waals surface area contributed by atoms with Gasteiger partial charge in [-0.2, -0.15) is 8.42 Å². The lowest BCUT2D eigenvalue weighted by molar-refractivity contribution is -0.117. The van der Waals surface area contributed by atoms with Crippen LogP contribution in [0.2, 0.25) is 36.3 Å². The number of ether oxygens (including phenoxy) is 1. The molecule has 0 spiro atoms. The molecule has 4 atom stereocenters. The molecule has 226 valence electrons. The summed E-state index contributed by atoms with van der Waals surface area (Å²) in [5, 5.41) is 12.0. The van der Waals surface area contributed by atoms with Crippen molar-refractivity contribution in [2.24, 2.45) is 0 Å². The van der Waals surface area contributed by atoms with E-state index in [1.165, 1.54) is 13.1 Å². The van der Waals surface area contributed by atoms with E-state index in [9.17, 15) is 23.1 Å². The quantitative estimate of drug-likeness (QED) is 0.302. The van der Waals surface area contributed by atoms with Crippen LogP contribution in [-0.2, 0) is 27.9 Å². The lowest BCUT2D eigenvalue weighted by Gasteiger charge is -2.44. The Kier molecular flexibility index (Phi) is 9.84. The number of aromatic nitrogens is 2. The third-order valence-electron chi connectivity index (χ3n) is 8.40. The van der Waals surface area contributed by atoms with E-state index in [4.69, 9.17) is 17.8 Å². The van der Waals surface area contributed by atoms with E-state index in [1.807, 2.05) is 13.1 Å². The Balaban J connectivity index is 2.68. The van der Waals surface area contributed by atoms with Gasteiger partial charge in [0.2, 0.25) is 0 Å². The van der Waals surface area contributed by atoms with Gasteiger partial charge in [-0.1, -0.05) is 41.5 Å². The van der Waals surface area contributed by atoms with Crippen LogP contribution >= 0.6 is 0 Å². The van der Waals surface area contributed by atoms with Crippen molar-refractivity contribution in [3.8, 4) is 0 Å². The maximum atomic E-state index is 12.9. The molecule has 1 aliphatic rings. The fourth-order valence-corrected chi connectivity index (χ4v) is 6.56. The van der Waals surface area contributed by atoms with Crippen LogP contribution in [0, 0.1) is 6.92 Å². The third-order valence-corrected chi connectivity index (χ3v) is 18.0. The van der Waals surface area contributed by atoms with Gasteiger partial charge in [0.1, 0.15) is 17.8 Å². The van der Waals surface area contributed by atoms with Crippen LogP contribution < -0.4 is 11.2 Å². The van der Waals surface area contributed by atoms with Crippen LogP contribution in [-0.4, -0.2) is 77.0 Å². The highest BCUT2D eigenvalue weighted by Gasteiger charge is 2.60. The van der Waals surface area contributed by atoms with Crippen molar-refractivity contribution >= 4 is 26.8 Å². The lowest BCUT2D eigenvalue weighted by atomic mass is 9.90. The van der Waals surface area contributed by atoms with Gasteiger partial charge < -0.3 is 18.7 Å². The molecule has 0 radical (unpaired) electrons. The molecule has 0 unspecified atom stereocenters. The van der Waals surface area contributed by atoms with Crippen LogP contribution in [0.3, 0.4) is 0 Å². The molecule has 1 fully saturated rings. The van der Waals surface area contributed by atoms with Gasteiger partial charge in [-0.05, 0) is 43.2 Å². The predicted octanol–water partition coefficient (Wildman–Crippen LogP) is 3.25. The largest absolute Gasteiger partial charge is 0.414 e. The number of nitrogens with zero attached hydrogens (tertiary/aromatic N) is 1. The van der Waals surface area contributed by atoms with Gasteiger partial charge in [0.25, 0.3) is 15.7 Å². The van der Waals surface area contributed by atoms with Crippen molar-refractivity contribution in [2.75, 3.05) is 19.5 Å². The highest BCUT2D eigenvalue weighted by atomic mass is 32.2. The summed E-state index contributed by atoms with van der Waals surface area (Å²) in [5.74, 6) is 0. The predicted molar refractivity (Wildman–Crippen MR) is 156 cm³/mol. The van der Waals surface area contributed by atoms with Crippen molar-refractivity contribution in [3.05, 3.63) is 32.6 Å². The minimum absolute atomic E-state index is 0.0899. The van der Waals surface area contributed by atoms with Gasteiger partial charge in [-0.15, -0.1) is 0 Å². The second kappa shape index (κ2) is 11.3. The maximum Gasteiger partial charge on any atom is 0.330 e. The fraction of sp³-hybridized carbons (Fsp3) is 0.840. The molecule has 0 bridgehead atoms. The first-order chi connectivity index (χ1) is 17.3. The summed E-state index contributed by atoms with van der Waals surface area (Å²) in [6, 6.07) is 0. The van der Waals surface area contributed by atoms with Gasteiger partial charge in [0.05, 0.1) is 19.5 Å². The number of aromatic amines is 1. The molecule has 11 nitrogen and oxygen atoms in total. The van der Waals surface area contributed by atoms with E-state index in [1.54, 1.807) is 0 Å². The molecule has 0 aliphatic carbocycles. The molecule has 1 aromatic rings. The van der Waals surface area contributed by atoms with E-state index < -0.39 is 62.0 Å². The van der Waals surface area contributed by atoms with E-state index in [2.05, 4.69) is 59.6 Å². The number of H-pyrrole nitrogens is 1. The second-order valence-corrected chi connectivity index (χ2v) is 24.9. The summed E-state index contributed by atoms with van der Waals surface area (Å²) in [7, 11) is -8.59. The molecule has 0 aromatic carbocycles. The van der Waals surface area contributed by atoms with Crippen LogP contribution in [0.4, 0.5) is 0 Å². The number of rotatable bonds is 10. The highest BCUT2D eigenvalue weighted by Crippen LogP contribution is 2.47. The summed E-state index contributed by atoms with van der Waals surface area (Å²) in [5.41, 5.74) is -2.97. The molecule has 1 aliphatic heterocycles. The van der Waals surface area contributed by atoms with Crippen molar-refractivity contribution in [2.45, 2.75) is 115 Å². The minimum atomic E-state index is -3.80. The zero-order valence-electron chi connectivity index (χ0n) is 25.5. The number of aliphatic hydroxyl groups is 1. The maximum absolute atomic E-state index is 12.9. The normalized spacial score (nSPS) is 25.3. The van der Waals surface area contributed by atoms with E-state index in [-0.39, 0.29) is 35.3 Å². The van der Waals surface area contributed by atoms with E-state index >= 15 is 0 Å². The average Bonchev–Trinajstić information content (AvgIpc) is 2.98. The summed E-state index contributed by atoms with van der Waals surface area (Å²) in [6.07, 6.45) is -1.03. The topological polar surface area (TPSA) is 146 Å².